The van der Waals surface area contributed by atoms with Crippen LogP contribution in [0.15, 0.2) is 23.1 Å². The van der Waals surface area contributed by atoms with E-state index in [1.54, 1.807) is 0 Å². The molecule has 1 aliphatic heterocycles. The number of ether oxygens (including phenoxy) is 1. The number of pyridine rings is 1. The molecule has 6 nitrogen and oxygen atoms in total. The lowest BCUT2D eigenvalue weighted by molar-refractivity contribution is -0.0228. The van der Waals surface area contributed by atoms with Gasteiger partial charge in [0.25, 0.3) is 0 Å². The summed E-state index contributed by atoms with van der Waals surface area (Å²) in [5.74, 6) is 0. The van der Waals surface area contributed by atoms with Crippen LogP contribution in [0.3, 0.4) is 0 Å². The van der Waals surface area contributed by atoms with Crippen LogP contribution < -0.4 is 5.56 Å². The molecule has 2 heterocycles. The third-order valence-electron chi connectivity index (χ3n) is 2.68. The first-order valence-corrected chi connectivity index (χ1v) is 4.94. The topological polar surface area (TPSA) is 103 Å². The molecule has 4 atom stereocenters. The van der Waals surface area contributed by atoms with Gasteiger partial charge in [-0.25, -0.2) is 0 Å². The summed E-state index contributed by atoms with van der Waals surface area (Å²) in [7, 11) is 0. The average Bonchev–Trinajstić information content (AvgIpc) is 2.57. The Hall–Kier alpha value is -1.21. The zero-order chi connectivity index (χ0) is 11.7. The van der Waals surface area contributed by atoms with Gasteiger partial charge in [-0.2, -0.15) is 0 Å². The predicted octanol–water partition coefficient (Wildman–Crippen LogP) is -1.47. The van der Waals surface area contributed by atoms with Gasteiger partial charge in [0.2, 0.25) is 5.56 Å². The van der Waals surface area contributed by atoms with Crippen molar-refractivity contribution in [2.75, 3.05) is 6.61 Å². The first-order valence-electron chi connectivity index (χ1n) is 4.94. The number of aromatic amines is 1. The first kappa shape index (κ1) is 11.3. The van der Waals surface area contributed by atoms with Gasteiger partial charge < -0.3 is 25.0 Å². The first-order chi connectivity index (χ1) is 7.63. The highest BCUT2D eigenvalue weighted by molar-refractivity contribution is 5.16. The SMILES string of the molecule is O=c1ccc([C@@H]2O[C@H](CO)C(O)C2O)c[nH]1. The normalized spacial score (nSPS) is 34.2. The predicted molar refractivity (Wildman–Crippen MR) is 53.8 cm³/mol. The summed E-state index contributed by atoms with van der Waals surface area (Å²) in [5, 5.41) is 28.1. The van der Waals surface area contributed by atoms with Crippen molar-refractivity contribution in [3.05, 3.63) is 34.2 Å². The van der Waals surface area contributed by atoms with E-state index in [2.05, 4.69) is 4.98 Å². The van der Waals surface area contributed by atoms with E-state index in [9.17, 15) is 15.0 Å². The van der Waals surface area contributed by atoms with Crippen molar-refractivity contribution in [3.63, 3.8) is 0 Å². The number of aromatic nitrogens is 1. The average molecular weight is 227 g/mol. The molecule has 0 aromatic carbocycles. The number of hydrogen-bond acceptors (Lipinski definition) is 5. The summed E-state index contributed by atoms with van der Waals surface area (Å²) in [6.45, 7) is -0.363. The van der Waals surface area contributed by atoms with Crippen LogP contribution in [0, 0.1) is 0 Å². The van der Waals surface area contributed by atoms with Gasteiger partial charge in [-0.05, 0) is 11.6 Å². The zero-order valence-corrected chi connectivity index (χ0v) is 8.41. The smallest absolute Gasteiger partial charge is 0.247 e. The molecule has 1 saturated heterocycles. The van der Waals surface area contributed by atoms with Gasteiger partial charge in [-0.3, -0.25) is 4.79 Å². The molecule has 0 saturated carbocycles. The molecule has 2 rings (SSSR count). The molecular formula is C10H13NO5. The highest BCUT2D eigenvalue weighted by Crippen LogP contribution is 2.32. The highest BCUT2D eigenvalue weighted by atomic mass is 16.6. The fourth-order valence-electron chi connectivity index (χ4n) is 1.77. The van der Waals surface area contributed by atoms with Crippen LogP contribution in [0.1, 0.15) is 11.7 Å². The number of aliphatic hydroxyl groups is 3. The lowest BCUT2D eigenvalue weighted by atomic mass is 10.0. The van der Waals surface area contributed by atoms with Gasteiger partial charge in [0.05, 0.1) is 6.61 Å². The second kappa shape index (κ2) is 4.34. The Balaban J connectivity index is 2.22. The molecule has 0 amide bonds. The summed E-state index contributed by atoms with van der Waals surface area (Å²) >= 11 is 0. The Bertz CT molecular complexity index is 397. The van der Waals surface area contributed by atoms with Crippen LogP contribution >= 0.6 is 0 Å². The molecule has 0 aliphatic carbocycles. The van der Waals surface area contributed by atoms with E-state index >= 15 is 0 Å². The van der Waals surface area contributed by atoms with Gasteiger partial charge in [0, 0.05) is 12.3 Å². The number of rotatable bonds is 2. The zero-order valence-electron chi connectivity index (χ0n) is 8.41. The van der Waals surface area contributed by atoms with Crippen molar-refractivity contribution in [2.24, 2.45) is 0 Å². The third kappa shape index (κ3) is 1.88. The minimum Gasteiger partial charge on any atom is -0.394 e. The van der Waals surface area contributed by atoms with E-state index in [0.29, 0.717) is 5.56 Å². The molecule has 2 unspecified atom stereocenters. The van der Waals surface area contributed by atoms with Crippen LogP contribution in [0.2, 0.25) is 0 Å². The fourth-order valence-corrected chi connectivity index (χ4v) is 1.77. The number of aliphatic hydroxyl groups excluding tert-OH is 3. The van der Waals surface area contributed by atoms with E-state index in [1.165, 1.54) is 18.3 Å². The molecular weight excluding hydrogens is 214 g/mol. The number of hydrogen-bond donors (Lipinski definition) is 4. The molecule has 1 aromatic heterocycles. The maximum absolute atomic E-state index is 10.9. The lowest BCUT2D eigenvalue weighted by Gasteiger charge is -2.14. The van der Waals surface area contributed by atoms with E-state index in [1.807, 2.05) is 0 Å². The van der Waals surface area contributed by atoms with E-state index < -0.39 is 24.4 Å². The second-order valence-corrected chi connectivity index (χ2v) is 3.75. The molecule has 16 heavy (non-hydrogen) atoms. The quantitative estimate of drug-likeness (QED) is 0.494. The molecule has 1 aliphatic rings. The Morgan fingerprint density at radius 3 is 2.56 bits per heavy atom. The van der Waals surface area contributed by atoms with Crippen molar-refractivity contribution in [3.8, 4) is 0 Å². The summed E-state index contributed by atoms with van der Waals surface area (Å²) < 4.78 is 5.29. The summed E-state index contributed by atoms with van der Waals surface area (Å²) in [6, 6.07) is 2.82. The molecule has 0 radical (unpaired) electrons. The van der Waals surface area contributed by atoms with Crippen LogP contribution in [0.5, 0.6) is 0 Å². The van der Waals surface area contributed by atoms with E-state index in [4.69, 9.17) is 9.84 Å². The molecule has 6 heteroatoms. The number of nitrogens with one attached hydrogen (secondary N) is 1. The number of H-pyrrole nitrogens is 1. The Morgan fingerprint density at radius 1 is 1.31 bits per heavy atom. The van der Waals surface area contributed by atoms with Crippen LogP contribution in [-0.4, -0.2) is 45.2 Å². The van der Waals surface area contributed by atoms with Crippen molar-refractivity contribution in [2.45, 2.75) is 24.4 Å². The summed E-state index contributed by atoms with van der Waals surface area (Å²) in [6.07, 6.45) is -2.34. The van der Waals surface area contributed by atoms with Crippen LogP contribution in [-0.2, 0) is 4.74 Å². The van der Waals surface area contributed by atoms with Crippen molar-refractivity contribution in [1.29, 1.82) is 0 Å². The minimum absolute atomic E-state index is 0.254. The van der Waals surface area contributed by atoms with Gasteiger partial charge in [0.15, 0.2) is 0 Å². The van der Waals surface area contributed by atoms with Gasteiger partial charge in [-0.15, -0.1) is 0 Å². The standard InChI is InChI=1S/C10H13NO5/c12-4-6-8(14)9(15)10(16-6)5-1-2-7(13)11-3-5/h1-3,6,8-10,12,14-15H,4H2,(H,11,13)/t6-,8?,9?,10+/m1/s1. The van der Waals surface area contributed by atoms with Crippen molar-refractivity contribution < 1.29 is 20.1 Å². The fraction of sp³-hybridized carbons (Fsp3) is 0.500. The molecule has 1 fully saturated rings. The van der Waals surface area contributed by atoms with E-state index in [0.717, 1.165) is 0 Å². The molecule has 0 bridgehead atoms. The largest absolute Gasteiger partial charge is 0.394 e. The van der Waals surface area contributed by atoms with Crippen molar-refractivity contribution in [1.82, 2.24) is 4.98 Å². The molecule has 4 N–H and O–H groups in total. The maximum atomic E-state index is 10.9. The second-order valence-electron chi connectivity index (χ2n) is 3.75. The summed E-state index contributed by atoms with van der Waals surface area (Å²) in [4.78, 5) is 13.3. The molecule has 0 spiro atoms. The Morgan fingerprint density at radius 2 is 2.06 bits per heavy atom. The van der Waals surface area contributed by atoms with Gasteiger partial charge in [-0.1, -0.05) is 0 Å². The van der Waals surface area contributed by atoms with Crippen molar-refractivity contribution >= 4 is 0 Å². The van der Waals surface area contributed by atoms with E-state index in [-0.39, 0.29) is 12.2 Å². The van der Waals surface area contributed by atoms with Crippen LogP contribution in [0.4, 0.5) is 0 Å². The minimum atomic E-state index is -1.12. The molecule has 88 valence electrons. The van der Waals surface area contributed by atoms with Crippen LogP contribution in [0.25, 0.3) is 0 Å². The monoisotopic (exact) mass is 227 g/mol. The highest BCUT2D eigenvalue weighted by Gasteiger charge is 2.42. The van der Waals surface area contributed by atoms with Gasteiger partial charge >= 0.3 is 0 Å². The Kier molecular flexibility index (Phi) is 3.06. The lowest BCUT2D eigenvalue weighted by Crippen LogP contribution is -2.32. The maximum Gasteiger partial charge on any atom is 0.247 e. The molecule has 1 aromatic rings. The third-order valence-corrected chi connectivity index (χ3v) is 2.68. The Labute approximate surface area is 91.1 Å². The summed E-state index contributed by atoms with van der Waals surface area (Å²) in [5.41, 5.74) is 0.303. The van der Waals surface area contributed by atoms with Gasteiger partial charge in [0.1, 0.15) is 24.4 Å².